The molecule has 2 fully saturated rings. The summed E-state index contributed by atoms with van der Waals surface area (Å²) in [6.45, 7) is 4.67. The van der Waals surface area contributed by atoms with Gasteiger partial charge in [0.25, 0.3) is 0 Å². The Balaban J connectivity index is 1.43. The van der Waals surface area contributed by atoms with Crippen molar-refractivity contribution in [3.63, 3.8) is 0 Å². The van der Waals surface area contributed by atoms with Crippen molar-refractivity contribution in [3.8, 4) is 0 Å². The maximum absolute atomic E-state index is 12.2. The second-order valence-corrected chi connectivity index (χ2v) is 6.58. The van der Waals surface area contributed by atoms with Gasteiger partial charge in [-0.25, -0.2) is 0 Å². The average Bonchev–Trinajstić information content (AvgIpc) is 3.44. The van der Waals surface area contributed by atoms with E-state index in [4.69, 9.17) is 0 Å². The Kier molecular flexibility index (Phi) is 5.21. The van der Waals surface area contributed by atoms with E-state index in [9.17, 15) is 14.4 Å². The minimum atomic E-state index is -0.737. The fourth-order valence-electron chi connectivity index (χ4n) is 2.94. The van der Waals surface area contributed by atoms with E-state index in [1.807, 2.05) is 12.1 Å². The summed E-state index contributed by atoms with van der Waals surface area (Å²) in [4.78, 5) is 39.5. The summed E-state index contributed by atoms with van der Waals surface area (Å²) in [5.41, 5.74) is 2.41. The van der Waals surface area contributed by atoms with Crippen LogP contribution in [0.15, 0.2) is 24.3 Å². The number of anilines is 1. The molecule has 3 amide bonds. The Labute approximate surface area is 147 Å². The molecule has 1 heterocycles. The number of nitrogens with one attached hydrogen (secondary N) is 2. The number of carbonyl (C=O) groups excluding carboxylic acids is 3. The zero-order chi connectivity index (χ0) is 17.8. The lowest BCUT2D eigenvalue weighted by Gasteiger charge is -2.36. The maximum atomic E-state index is 12.2. The van der Waals surface area contributed by atoms with E-state index in [2.05, 4.69) is 34.6 Å². The Morgan fingerprint density at radius 1 is 1.04 bits per heavy atom. The molecule has 0 aromatic heterocycles. The summed E-state index contributed by atoms with van der Waals surface area (Å²) in [5, 5.41) is 5.01. The number of hydrogen-bond acceptors (Lipinski definition) is 4. The molecule has 1 aromatic rings. The average molecular weight is 344 g/mol. The second kappa shape index (κ2) is 7.55. The zero-order valence-corrected chi connectivity index (χ0v) is 14.5. The number of aryl methyl sites for hydroxylation is 1. The third-order valence-electron chi connectivity index (χ3n) is 4.61. The summed E-state index contributed by atoms with van der Waals surface area (Å²) >= 11 is 0. The molecule has 0 unspecified atom stereocenters. The molecule has 134 valence electrons. The van der Waals surface area contributed by atoms with Crippen LogP contribution in [-0.4, -0.2) is 61.4 Å². The van der Waals surface area contributed by atoms with E-state index in [0.29, 0.717) is 13.1 Å². The summed E-state index contributed by atoms with van der Waals surface area (Å²) in [5.74, 6) is -1.55. The van der Waals surface area contributed by atoms with Crippen LogP contribution in [-0.2, 0) is 14.4 Å². The van der Waals surface area contributed by atoms with Crippen LogP contribution in [0.4, 0.5) is 5.69 Å². The van der Waals surface area contributed by atoms with Crippen molar-refractivity contribution >= 4 is 23.4 Å². The van der Waals surface area contributed by atoms with Gasteiger partial charge in [-0.05, 0) is 31.4 Å². The largest absolute Gasteiger partial charge is 0.368 e. The number of para-hydroxylation sites is 1. The number of hydrogen-bond donors (Lipinski definition) is 2. The van der Waals surface area contributed by atoms with Crippen LogP contribution in [0.2, 0.25) is 0 Å². The van der Waals surface area contributed by atoms with Gasteiger partial charge < -0.3 is 20.4 Å². The van der Waals surface area contributed by atoms with Crippen molar-refractivity contribution < 1.29 is 14.4 Å². The molecule has 2 aliphatic rings. The van der Waals surface area contributed by atoms with Crippen LogP contribution in [0.25, 0.3) is 0 Å². The fraction of sp³-hybridized carbons (Fsp3) is 0.500. The molecule has 0 atom stereocenters. The van der Waals surface area contributed by atoms with E-state index < -0.39 is 11.8 Å². The van der Waals surface area contributed by atoms with Crippen LogP contribution < -0.4 is 15.5 Å². The first-order valence-electron chi connectivity index (χ1n) is 8.71. The van der Waals surface area contributed by atoms with Crippen LogP contribution in [0, 0.1) is 6.92 Å². The zero-order valence-electron chi connectivity index (χ0n) is 14.5. The topological polar surface area (TPSA) is 81.8 Å². The quantitative estimate of drug-likeness (QED) is 0.756. The van der Waals surface area contributed by atoms with Crippen LogP contribution in [0.3, 0.4) is 0 Å². The Morgan fingerprint density at radius 3 is 2.36 bits per heavy atom. The molecule has 2 N–H and O–H groups in total. The molecule has 1 saturated carbocycles. The summed E-state index contributed by atoms with van der Waals surface area (Å²) in [6, 6.07) is 8.33. The highest BCUT2D eigenvalue weighted by Crippen LogP contribution is 2.20. The van der Waals surface area contributed by atoms with Gasteiger partial charge in [0.1, 0.15) is 0 Å². The fourth-order valence-corrected chi connectivity index (χ4v) is 2.94. The van der Waals surface area contributed by atoms with Crippen molar-refractivity contribution in [1.29, 1.82) is 0 Å². The van der Waals surface area contributed by atoms with Crippen molar-refractivity contribution in [2.45, 2.75) is 25.8 Å². The van der Waals surface area contributed by atoms with E-state index in [0.717, 1.165) is 25.9 Å². The molecule has 0 spiro atoms. The number of benzene rings is 1. The first-order valence-corrected chi connectivity index (χ1v) is 8.71. The van der Waals surface area contributed by atoms with Gasteiger partial charge in [0, 0.05) is 37.9 Å². The molecule has 1 saturated heterocycles. The Morgan fingerprint density at radius 2 is 1.72 bits per heavy atom. The molecular weight excluding hydrogens is 320 g/mol. The number of nitrogens with zero attached hydrogens (tertiary/aromatic N) is 2. The Hall–Kier alpha value is -2.57. The minimum absolute atomic E-state index is 0.128. The standard InChI is InChI=1S/C18H24N4O3/c1-13-4-2-3-5-15(13)21-8-10-22(11-9-21)16(23)12-19-17(24)18(25)20-14-6-7-14/h2-5,14H,6-12H2,1H3,(H,19,24)(H,20,25). The number of piperazine rings is 1. The predicted octanol–water partition coefficient (Wildman–Crippen LogP) is 0.0384. The van der Waals surface area contributed by atoms with Gasteiger partial charge in [0.05, 0.1) is 6.54 Å². The van der Waals surface area contributed by atoms with E-state index in [-0.39, 0.29) is 18.5 Å². The molecule has 1 aliphatic carbocycles. The van der Waals surface area contributed by atoms with Gasteiger partial charge in [-0.3, -0.25) is 14.4 Å². The number of carbonyl (C=O) groups is 3. The molecule has 1 aromatic carbocycles. The third kappa shape index (κ3) is 4.49. The summed E-state index contributed by atoms with van der Waals surface area (Å²) in [6.07, 6.45) is 1.84. The monoisotopic (exact) mass is 344 g/mol. The van der Waals surface area contributed by atoms with Crippen LogP contribution in [0.1, 0.15) is 18.4 Å². The first kappa shape index (κ1) is 17.3. The van der Waals surface area contributed by atoms with Gasteiger partial charge >= 0.3 is 11.8 Å². The van der Waals surface area contributed by atoms with Gasteiger partial charge in [0.15, 0.2) is 0 Å². The smallest absolute Gasteiger partial charge is 0.309 e. The first-order chi connectivity index (χ1) is 12.0. The highest BCUT2D eigenvalue weighted by atomic mass is 16.2. The maximum Gasteiger partial charge on any atom is 0.309 e. The molecule has 7 heteroatoms. The lowest BCUT2D eigenvalue weighted by atomic mass is 10.1. The minimum Gasteiger partial charge on any atom is -0.368 e. The molecule has 25 heavy (non-hydrogen) atoms. The highest BCUT2D eigenvalue weighted by Gasteiger charge is 2.27. The lowest BCUT2D eigenvalue weighted by Crippen LogP contribution is -2.52. The second-order valence-electron chi connectivity index (χ2n) is 6.58. The molecule has 7 nitrogen and oxygen atoms in total. The normalized spacial score (nSPS) is 17.2. The van der Waals surface area contributed by atoms with Crippen molar-refractivity contribution in [2.75, 3.05) is 37.6 Å². The Bertz CT molecular complexity index is 664. The summed E-state index contributed by atoms with van der Waals surface area (Å²) < 4.78 is 0. The SMILES string of the molecule is Cc1ccccc1N1CCN(C(=O)CNC(=O)C(=O)NC2CC2)CC1. The molecule has 0 bridgehead atoms. The van der Waals surface area contributed by atoms with Gasteiger partial charge in [-0.2, -0.15) is 0 Å². The van der Waals surface area contributed by atoms with Gasteiger partial charge in [-0.15, -0.1) is 0 Å². The van der Waals surface area contributed by atoms with Gasteiger partial charge in [0.2, 0.25) is 5.91 Å². The van der Waals surface area contributed by atoms with E-state index in [1.165, 1.54) is 11.3 Å². The van der Waals surface area contributed by atoms with E-state index in [1.54, 1.807) is 4.90 Å². The van der Waals surface area contributed by atoms with Crippen molar-refractivity contribution in [2.24, 2.45) is 0 Å². The number of rotatable bonds is 4. The van der Waals surface area contributed by atoms with Crippen LogP contribution >= 0.6 is 0 Å². The predicted molar refractivity (Wildman–Crippen MR) is 94.1 cm³/mol. The lowest BCUT2D eigenvalue weighted by molar-refractivity contribution is -0.140. The van der Waals surface area contributed by atoms with Crippen LogP contribution in [0.5, 0.6) is 0 Å². The molecule has 3 rings (SSSR count). The highest BCUT2D eigenvalue weighted by molar-refractivity contribution is 6.35. The molecule has 1 aliphatic heterocycles. The summed E-state index contributed by atoms with van der Waals surface area (Å²) in [7, 11) is 0. The van der Waals surface area contributed by atoms with Crippen molar-refractivity contribution in [1.82, 2.24) is 15.5 Å². The third-order valence-corrected chi connectivity index (χ3v) is 4.61. The molecular formula is C18H24N4O3. The van der Waals surface area contributed by atoms with Gasteiger partial charge in [-0.1, -0.05) is 18.2 Å². The van der Waals surface area contributed by atoms with Crippen molar-refractivity contribution in [3.05, 3.63) is 29.8 Å². The molecule has 0 radical (unpaired) electrons. The number of amides is 3. The van der Waals surface area contributed by atoms with E-state index >= 15 is 0 Å².